The van der Waals surface area contributed by atoms with Crippen molar-refractivity contribution < 1.29 is 18.7 Å². The zero-order chi connectivity index (χ0) is 16.7. The van der Waals surface area contributed by atoms with Gasteiger partial charge in [0.1, 0.15) is 5.82 Å². The number of benzene rings is 2. The standard InChI is InChI=1S/C17H18FNO3S/c1-21-15-8-7-14(9-16(15)22-2)23-11-17(20)19-10-12-3-5-13(18)6-4-12/h3-9H,10-11H2,1-2H3,(H,19,20). The molecule has 0 atom stereocenters. The number of carbonyl (C=O) groups excluding carboxylic acids is 1. The van der Waals surface area contributed by atoms with Crippen LogP contribution in [0.5, 0.6) is 11.5 Å². The van der Waals surface area contributed by atoms with Crippen LogP contribution in [0.25, 0.3) is 0 Å². The smallest absolute Gasteiger partial charge is 0.230 e. The zero-order valence-electron chi connectivity index (χ0n) is 13.0. The average molecular weight is 335 g/mol. The lowest BCUT2D eigenvalue weighted by atomic mass is 10.2. The van der Waals surface area contributed by atoms with E-state index < -0.39 is 0 Å². The summed E-state index contributed by atoms with van der Waals surface area (Å²) in [4.78, 5) is 12.8. The Morgan fingerprint density at radius 2 is 1.78 bits per heavy atom. The van der Waals surface area contributed by atoms with Crippen molar-refractivity contribution in [3.05, 3.63) is 53.8 Å². The zero-order valence-corrected chi connectivity index (χ0v) is 13.8. The highest BCUT2D eigenvalue weighted by Gasteiger charge is 2.07. The highest BCUT2D eigenvalue weighted by Crippen LogP contribution is 2.31. The van der Waals surface area contributed by atoms with E-state index in [0.29, 0.717) is 18.0 Å². The summed E-state index contributed by atoms with van der Waals surface area (Å²) >= 11 is 1.41. The van der Waals surface area contributed by atoms with Crippen molar-refractivity contribution in [3.63, 3.8) is 0 Å². The Hall–Kier alpha value is -2.21. The van der Waals surface area contributed by atoms with Crippen LogP contribution in [0.1, 0.15) is 5.56 Å². The van der Waals surface area contributed by atoms with Crippen LogP contribution in [0.2, 0.25) is 0 Å². The summed E-state index contributed by atoms with van der Waals surface area (Å²) in [5.41, 5.74) is 0.857. The van der Waals surface area contributed by atoms with E-state index in [4.69, 9.17) is 9.47 Å². The molecule has 0 saturated carbocycles. The quantitative estimate of drug-likeness (QED) is 0.789. The van der Waals surface area contributed by atoms with E-state index in [1.807, 2.05) is 12.1 Å². The third-order valence-corrected chi connectivity index (χ3v) is 4.12. The molecular weight excluding hydrogens is 317 g/mol. The number of thioether (sulfide) groups is 1. The third-order valence-electron chi connectivity index (χ3n) is 3.13. The van der Waals surface area contributed by atoms with Crippen molar-refractivity contribution in [2.45, 2.75) is 11.4 Å². The van der Waals surface area contributed by atoms with Gasteiger partial charge in [0.15, 0.2) is 11.5 Å². The van der Waals surface area contributed by atoms with E-state index in [2.05, 4.69) is 5.32 Å². The van der Waals surface area contributed by atoms with Crippen molar-refractivity contribution in [2.24, 2.45) is 0 Å². The SMILES string of the molecule is COc1ccc(SCC(=O)NCc2ccc(F)cc2)cc1OC. The molecule has 4 nitrogen and oxygen atoms in total. The van der Waals surface area contributed by atoms with Crippen molar-refractivity contribution in [1.29, 1.82) is 0 Å². The molecule has 0 saturated heterocycles. The van der Waals surface area contributed by atoms with Crippen LogP contribution >= 0.6 is 11.8 Å². The van der Waals surface area contributed by atoms with Gasteiger partial charge in [-0.15, -0.1) is 11.8 Å². The first-order valence-corrected chi connectivity index (χ1v) is 7.97. The summed E-state index contributed by atoms with van der Waals surface area (Å²) in [5, 5.41) is 2.80. The molecule has 2 aromatic rings. The fourth-order valence-corrected chi connectivity index (χ4v) is 2.66. The summed E-state index contributed by atoms with van der Waals surface area (Å²) in [5.74, 6) is 1.19. The highest BCUT2D eigenvalue weighted by atomic mass is 32.2. The van der Waals surface area contributed by atoms with E-state index in [-0.39, 0.29) is 17.5 Å². The summed E-state index contributed by atoms with van der Waals surface area (Å²) in [6.45, 7) is 0.381. The third kappa shape index (κ3) is 5.17. The maximum atomic E-state index is 12.8. The topological polar surface area (TPSA) is 47.6 Å². The molecule has 1 amide bonds. The lowest BCUT2D eigenvalue weighted by Gasteiger charge is -2.09. The first kappa shape index (κ1) is 17.1. The highest BCUT2D eigenvalue weighted by molar-refractivity contribution is 8.00. The Labute approximate surface area is 139 Å². The van der Waals surface area contributed by atoms with E-state index in [1.165, 1.54) is 23.9 Å². The molecule has 0 aliphatic carbocycles. The number of hydrogen-bond donors (Lipinski definition) is 1. The second kappa shape index (κ2) is 8.43. The lowest BCUT2D eigenvalue weighted by Crippen LogP contribution is -2.24. The van der Waals surface area contributed by atoms with Gasteiger partial charge in [-0.1, -0.05) is 12.1 Å². The van der Waals surface area contributed by atoms with Gasteiger partial charge in [-0.3, -0.25) is 4.79 Å². The van der Waals surface area contributed by atoms with E-state index >= 15 is 0 Å². The Kier molecular flexibility index (Phi) is 6.29. The molecule has 0 aromatic heterocycles. The number of methoxy groups -OCH3 is 2. The number of halogens is 1. The predicted molar refractivity (Wildman–Crippen MR) is 88.5 cm³/mol. The minimum Gasteiger partial charge on any atom is -0.493 e. The van der Waals surface area contributed by atoms with Crippen LogP contribution in [0.15, 0.2) is 47.4 Å². The minimum absolute atomic E-state index is 0.0888. The van der Waals surface area contributed by atoms with E-state index in [0.717, 1.165) is 10.5 Å². The van der Waals surface area contributed by atoms with E-state index in [9.17, 15) is 9.18 Å². The predicted octanol–water partition coefficient (Wildman–Crippen LogP) is 3.25. The van der Waals surface area contributed by atoms with Gasteiger partial charge < -0.3 is 14.8 Å². The van der Waals surface area contributed by atoms with Crippen LogP contribution < -0.4 is 14.8 Å². The van der Waals surface area contributed by atoms with Crippen LogP contribution in [0, 0.1) is 5.82 Å². The summed E-state index contributed by atoms with van der Waals surface area (Å²) in [6, 6.07) is 11.6. The maximum Gasteiger partial charge on any atom is 0.230 e. The molecule has 0 heterocycles. The van der Waals surface area contributed by atoms with Gasteiger partial charge in [0.2, 0.25) is 5.91 Å². The molecule has 2 aromatic carbocycles. The van der Waals surface area contributed by atoms with Crippen LogP contribution in [-0.4, -0.2) is 25.9 Å². The number of rotatable bonds is 7. The van der Waals surface area contributed by atoms with Crippen LogP contribution in [0.3, 0.4) is 0 Å². The fraction of sp³-hybridized carbons (Fsp3) is 0.235. The molecule has 0 bridgehead atoms. The molecule has 0 unspecified atom stereocenters. The molecule has 1 N–H and O–H groups in total. The minimum atomic E-state index is -0.288. The van der Waals surface area contributed by atoms with Gasteiger partial charge in [0.25, 0.3) is 0 Å². The number of carbonyl (C=O) groups is 1. The molecule has 122 valence electrons. The van der Waals surface area contributed by atoms with Gasteiger partial charge in [-0.05, 0) is 35.9 Å². The van der Waals surface area contributed by atoms with Gasteiger partial charge in [-0.2, -0.15) is 0 Å². The first-order chi connectivity index (χ1) is 11.1. The second-order valence-corrected chi connectivity index (χ2v) is 5.76. The Balaban J connectivity index is 1.83. The number of ether oxygens (including phenoxy) is 2. The monoisotopic (exact) mass is 335 g/mol. The molecule has 0 aliphatic heterocycles. The van der Waals surface area contributed by atoms with Gasteiger partial charge in [0, 0.05) is 11.4 Å². The number of hydrogen-bond acceptors (Lipinski definition) is 4. The van der Waals surface area contributed by atoms with E-state index in [1.54, 1.807) is 32.4 Å². The Morgan fingerprint density at radius 1 is 1.09 bits per heavy atom. The first-order valence-electron chi connectivity index (χ1n) is 6.98. The van der Waals surface area contributed by atoms with Crippen molar-refractivity contribution in [2.75, 3.05) is 20.0 Å². The average Bonchev–Trinajstić information content (AvgIpc) is 2.59. The molecule has 0 radical (unpaired) electrons. The fourth-order valence-electron chi connectivity index (χ4n) is 1.91. The van der Waals surface area contributed by atoms with Crippen LogP contribution in [-0.2, 0) is 11.3 Å². The van der Waals surface area contributed by atoms with Crippen molar-refractivity contribution in [3.8, 4) is 11.5 Å². The largest absolute Gasteiger partial charge is 0.493 e. The normalized spacial score (nSPS) is 10.2. The Morgan fingerprint density at radius 3 is 2.43 bits per heavy atom. The maximum absolute atomic E-state index is 12.8. The van der Waals surface area contributed by atoms with Crippen molar-refractivity contribution in [1.82, 2.24) is 5.32 Å². The van der Waals surface area contributed by atoms with Crippen LogP contribution in [0.4, 0.5) is 4.39 Å². The van der Waals surface area contributed by atoms with Crippen molar-refractivity contribution >= 4 is 17.7 Å². The molecule has 2 rings (SSSR count). The summed E-state index contributed by atoms with van der Waals surface area (Å²) in [6.07, 6.45) is 0. The van der Waals surface area contributed by atoms with Gasteiger partial charge in [0.05, 0.1) is 20.0 Å². The van der Waals surface area contributed by atoms with Gasteiger partial charge in [-0.25, -0.2) is 4.39 Å². The summed E-state index contributed by atoms with van der Waals surface area (Å²) < 4.78 is 23.2. The summed E-state index contributed by atoms with van der Waals surface area (Å²) in [7, 11) is 3.15. The number of nitrogens with one attached hydrogen (secondary N) is 1. The van der Waals surface area contributed by atoms with Gasteiger partial charge >= 0.3 is 0 Å². The Bertz CT molecular complexity index is 661. The lowest BCUT2D eigenvalue weighted by molar-refractivity contribution is -0.118. The molecule has 6 heteroatoms. The molecular formula is C17H18FNO3S. The molecule has 0 aliphatic rings. The molecule has 23 heavy (non-hydrogen) atoms. The number of amides is 1. The molecule has 0 spiro atoms. The molecule has 0 fully saturated rings. The second-order valence-electron chi connectivity index (χ2n) is 4.71.